The van der Waals surface area contributed by atoms with Crippen molar-refractivity contribution >= 4 is 23.5 Å². The lowest BCUT2D eigenvalue weighted by Gasteiger charge is -2.22. The number of hydrogen-bond acceptors (Lipinski definition) is 7. The third-order valence-electron chi connectivity index (χ3n) is 3.43. The van der Waals surface area contributed by atoms with Gasteiger partial charge in [-0.05, 0) is 12.1 Å². The Bertz CT molecular complexity index is 700. The van der Waals surface area contributed by atoms with E-state index in [0.717, 1.165) is 33.3 Å². The van der Waals surface area contributed by atoms with E-state index in [0.29, 0.717) is 0 Å². The first kappa shape index (κ1) is 20.9. The molecule has 1 aromatic rings. The van der Waals surface area contributed by atoms with Crippen molar-refractivity contribution in [2.24, 2.45) is 5.92 Å². The number of carbonyl (C=O) groups excluding carboxylic acids is 3. The summed E-state index contributed by atoms with van der Waals surface area (Å²) in [7, 11) is 1.82. The maximum absolute atomic E-state index is 14.4. The molecule has 0 aliphatic heterocycles. The highest BCUT2D eigenvalue weighted by Gasteiger charge is 2.43. The minimum absolute atomic E-state index is 0.233. The average molecular weight is 374 g/mol. The van der Waals surface area contributed by atoms with Gasteiger partial charge in [-0.3, -0.25) is 24.5 Å². The number of rotatable bonds is 7. The Morgan fingerprint density at radius 2 is 1.62 bits per heavy atom. The van der Waals surface area contributed by atoms with Crippen molar-refractivity contribution in [1.29, 1.82) is 0 Å². The monoisotopic (exact) mass is 374 g/mol. The van der Waals surface area contributed by atoms with Crippen LogP contribution in [0.3, 0.4) is 0 Å². The van der Waals surface area contributed by atoms with E-state index in [4.69, 9.17) is 0 Å². The number of benzene rings is 1. The van der Waals surface area contributed by atoms with Crippen molar-refractivity contribution in [2.45, 2.75) is 12.8 Å². The predicted molar refractivity (Wildman–Crippen MR) is 82.8 cm³/mol. The highest BCUT2D eigenvalue weighted by atomic mass is 19.1. The van der Waals surface area contributed by atoms with Crippen LogP contribution in [0, 0.1) is 27.7 Å². The normalized spacial score (nSPS) is 11.6. The van der Waals surface area contributed by atoms with E-state index in [9.17, 15) is 33.3 Å². The molecule has 1 amide bonds. The molecule has 1 rings (SSSR count). The molecule has 0 heterocycles. The summed E-state index contributed by atoms with van der Waals surface area (Å²) in [6.45, 7) is -0.0218. The molecular weight excluding hydrogens is 358 g/mol. The second kappa shape index (κ2) is 8.83. The fourth-order valence-corrected chi connectivity index (χ4v) is 2.42. The number of hydrogen-bond donors (Lipinski definition) is 1. The first-order valence-electron chi connectivity index (χ1n) is 7.16. The Balaban J connectivity index is 3.53. The number of nitrogens with one attached hydrogen (secondary N) is 1. The summed E-state index contributed by atoms with van der Waals surface area (Å²) in [5.74, 6) is -9.42. The number of nitro groups is 1. The molecule has 0 fully saturated rings. The molecular formula is C15H16F2N2O7. The van der Waals surface area contributed by atoms with Gasteiger partial charge in [-0.1, -0.05) is 0 Å². The summed E-state index contributed by atoms with van der Waals surface area (Å²) < 4.78 is 37.7. The molecule has 1 N–H and O–H groups in total. The Morgan fingerprint density at radius 3 is 1.96 bits per heavy atom. The molecule has 142 valence electrons. The molecule has 9 nitrogen and oxygen atoms in total. The number of nitrogens with zero attached hydrogens (tertiary/aromatic N) is 1. The Hall–Kier alpha value is -3.11. The van der Waals surface area contributed by atoms with Crippen LogP contribution in [0.25, 0.3) is 0 Å². The van der Waals surface area contributed by atoms with Crippen molar-refractivity contribution in [1.82, 2.24) is 0 Å². The molecule has 1 unspecified atom stereocenters. The van der Waals surface area contributed by atoms with Gasteiger partial charge in [0.15, 0.2) is 5.92 Å². The Labute approximate surface area is 146 Å². The van der Waals surface area contributed by atoms with Gasteiger partial charge in [-0.2, -0.15) is 0 Å². The average Bonchev–Trinajstić information content (AvgIpc) is 2.52. The van der Waals surface area contributed by atoms with E-state index in [2.05, 4.69) is 14.8 Å². The van der Waals surface area contributed by atoms with E-state index in [1.807, 2.05) is 0 Å². The highest BCUT2D eigenvalue weighted by molar-refractivity contribution is 5.96. The zero-order valence-corrected chi connectivity index (χ0v) is 14.1. The smallest absolute Gasteiger partial charge is 0.320 e. The molecule has 26 heavy (non-hydrogen) atoms. The topological polar surface area (TPSA) is 125 Å². The van der Waals surface area contributed by atoms with Crippen molar-refractivity contribution < 1.29 is 37.6 Å². The van der Waals surface area contributed by atoms with Gasteiger partial charge < -0.3 is 14.8 Å². The van der Waals surface area contributed by atoms with Crippen LogP contribution in [-0.2, 0) is 23.9 Å². The standard InChI is InChI=1S/C15H16F2N2O7/c1-7(20)18-8-4-10(16)12(11(17)5-8)9(6-19(23)24)13(14(21)25-2)15(22)26-3/h4-5,9,13H,6H2,1-3H3,(H,18,20). The Kier molecular flexibility index (Phi) is 7.11. The predicted octanol–water partition coefficient (Wildman–Crippen LogP) is 1.25. The number of amides is 1. The number of halogens is 2. The maximum atomic E-state index is 14.4. The largest absolute Gasteiger partial charge is 0.468 e. The van der Waals surface area contributed by atoms with Crippen LogP contribution in [-0.4, -0.2) is 43.5 Å². The number of esters is 2. The van der Waals surface area contributed by atoms with Gasteiger partial charge in [-0.25, -0.2) is 8.78 Å². The van der Waals surface area contributed by atoms with Crippen molar-refractivity contribution in [3.63, 3.8) is 0 Å². The molecule has 0 spiro atoms. The van der Waals surface area contributed by atoms with Gasteiger partial charge >= 0.3 is 11.9 Å². The first-order valence-corrected chi connectivity index (χ1v) is 7.16. The molecule has 0 aliphatic carbocycles. The summed E-state index contributed by atoms with van der Waals surface area (Å²) in [4.78, 5) is 44.8. The van der Waals surface area contributed by atoms with Gasteiger partial charge in [0.25, 0.3) is 0 Å². The first-order chi connectivity index (χ1) is 12.1. The molecule has 1 atom stereocenters. The second-order valence-electron chi connectivity index (χ2n) is 5.18. The van der Waals surface area contributed by atoms with Crippen LogP contribution in [0.1, 0.15) is 18.4 Å². The number of methoxy groups -OCH3 is 2. The molecule has 0 bridgehead atoms. The molecule has 0 aliphatic rings. The third-order valence-corrected chi connectivity index (χ3v) is 3.43. The number of anilines is 1. The number of ether oxygens (including phenoxy) is 2. The summed E-state index contributed by atoms with van der Waals surface area (Å²) in [5.41, 5.74) is -1.10. The molecule has 1 aromatic carbocycles. The van der Waals surface area contributed by atoms with Crippen molar-refractivity contribution in [3.05, 3.63) is 39.4 Å². The molecule has 0 saturated carbocycles. The van der Waals surface area contributed by atoms with Gasteiger partial charge in [0.2, 0.25) is 12.5 Å². The summed E-state index contributed by atoms with van der Waals surface area (Å²) in [6.07, 6.45) is 0. The Morgan fingerprint density at radius 1 is 1.15 bits per heavy atom. The summed E-state index contributed by atoms with van der Waals surface area (Å²) >= 11 is 0. The SMILES string of the molecule is COC(=O)C(C(=O)OC)C(C[N+](=O)[O-])c1c(F)cc(NC(C)=O)cc1F. The van der Waals surface area contributed by atoms with E-state index < -0.39 is 58.3 Å². The molecule has 0 saturated heterocycles. The summed E-state index contributed by atoms with van der Waals surface area (Å²) in [5, 5.41) is 13.1. The van der Waals surface area contributed by atoms with Crippen LogP contribution in [0.4, 0.5) is 14.5 Å². The van der Waals surface area contributed by atoms with E-state index >= 15 is 0 Å². The summed E-state index contributed by atoms with van der Waals surface area (Å²) in [6, 6.07) is 1.44. The molecule has 0 radical (unpaired) electrons. The molecule has 0 aromatic heterocycles. The quantitative estimate of drug-likeness (QED) is 0.329. The fraction of sp³-hybridized carbons (Fsp3) is 0.400. The lowest BCUT2D eigenvalue weighted by molar-refractivity contribution is -0.484. The molecule has 11 heteroatoms. The lowest BCUT2D eigenvalue weighted by atomic mass is 9.85. The van der Waals surface area contributed by atoms with E-state index in [1.54, 1.807) is 0 Å². The van der Waals surface area contributed by atoms with Crippen LogP contribution >= 0.6 is 0 Å². The van der Waals surface area contributed by atoms with E-state index in [1.165, 1.54) is 0 Å². The van der Waals surface area contributed by atoms with E-state index in [-0.39, 0.29) is 5.69 Å². The van der Waals surface area contributed by atoms with Gasteiger partial charge in [0.1, 0.15) is 11.6 Å². The van der Waals surface area contributed by atoms with Crippen LogP contribution in [0.15, 0.2) is 12.1 Å². The minimum atomic E-state index is -1.95. The fourth-order valence-electron chi connectivity index (χ4n) is 2.42. The van der Waals surface area contributed by atoms with Crippen LogP contribution in [0.5, 0.6) is 0 Å². The lowest BCUT2D eigenvalue weighted by Crippen LogP contribution is -2.36. The van der Waals surface area contributed by atoms with Crippen molar-refractivity contribution in [2.75, 3.05) is 26.1 Å². The number of carbonyl (C=O) groups is 3. The van der Waals surface area contributed by atoms with Crippen molar-refractivity contribution in [3.8, 4) is 0 Å². The van der Waals surface area contributed by atoms with Gasteiger partial charge in [0, 0.05) is 23.1 Å². The third kappa shape index (κ3) is 4.94. The maximum Gasteiger partial charge on any atom is 0.320 e. The second-order valence-corrected chi connectivity index (χ2v) is 5.18. The van der Waals surface area contributed by atoms with Crippen LogP contribution < -0.4 is 5.32 Å². The van der Waals surface area contributed by atoms with Gasteiger partial charge in [-0.15, -0.1) is 0 Å². The zero-order valence-electron chi connectivity index (χ0n) is 14.1. The van der Waals surface area contributed by atoms with Crippen LogP contribution in [0.2, 0.25) is 0 Å². The van der Waals surface area contributed by atoms with Gasteiger partial charge in [0.05, 0.1) is 20.1 Å². The minimum Gasteiger partial charge on any atom is -0.468 e. The highest BCUT2D eigenvalue weighted by Crippen LogP contribution is 2.33. The zero-order chi connectivity index (χ0) is 20.0.